The molecule has 0 bridgehead atoms. The first-order valence-electron chi connectivity index (χ1n) is 7.62. The topological polar surface area (TPSA) is 51.5 Å². The molecule has 5 heteroatoms. The highest BCUT2D eigenvalue weighted by Crippen LogP contribution is 2.28. The largest absolute Gasteiger partial charge is 0.451 e. The fourth-order valence-corrected chi connectivity index (χ4v) is 3.03. The highest BCUT2D eigenvalue weighted by molar-refractivity contribution is 9.10. The van der Waals surface area contributed by atoms with E-state index in [1.165, 1.54) is 0 Å². The standard InChI is InChI=1S/C19H18BrNO3/c1-12-16-9-15(20)6-7-17(16)24-18(12)19(22)21-10-13-4-3-5-14(8-13)11-23-2/h3-9H,10-11H2,1-2H3,(H,21,22). The molecule has 4 nitrogen and oxygen atoms in total. The number of carbonyl (C=O) groups excluding carboxylic acids is 1. The number of aryl methyl sites for hydroxylation is 1. The smallest absolute Gasteiger partial charge is 0.287 e. The van der Waals surface area contributed by atoms with Crippen LogP contribution in [-0.4, -0.2) is 13.0 Å². The van der Waals surface area contributed by atoms with Gasteiger partial charge in [0.15, 0.2) is 5.76 Å². The number of hydrogen-bond donors (Lipinski definition) is 1. The van der Waals surface area contributed by atoms with Crippen LogP contribution in [0.25, 0.3) is 11.0 Å². The van der Waals surface area contributed by atoms with E-state index in [4.69, 9.17) is 9.15 Å². The molecule has 0 atom stereocenters. The second-order valence-corrected chi connectivity index (χ2v) is 6.55. The number of carbonyl (C=O) groups is 1. The molecule has 0 saturated carbocycles. The zero-order valence-corrected chi connectivity index (χ0v) is 15.1. The third-order valence-corrected chi connectivity index (χ3v) is 4.35. The Morgan fingerprint density at radius 3 is 2.79 bits per heavy atom. The summed E-state index contributed by atoms with van der Waals surface area (Å²) in [7, 11) is 1.66. The Kier molecular flexibility index (Phi) is 5.02. The number of furan rings is 1. The summed E-state index contributed by atoms with van der Waals surface area (Å²) >= 11 is 3.44. The first-order valence-corrected chi connectivity index (χ1v) is 8.41. The van der Waals surface area contributed by atoms with Crippen molar-refractivity contribution in [2.45, 2.75) is 20.1 Å². The van der Waals surface area contributed by atoms with Gasteiger partial charge in [0.1, 0.15) is 5.58 Å². The molecule has 3 rings (SSSR count). The number of amides is 1. The molecular formula is C19H18BrNO3. The maximum Gasteiger partial charge on any atom is 0.287 e. The molecule has 0 aliphatic heterocycles. The normalized spacial score (nSPS) is 11.0. The molecule has 124 valence electrons. The van der Waals surface area contributed by atoms with Crippen LogP contribution < -0.4 is 5.32 Å². The number of fused-ring (bicyclic) bond motifs is 1. The molecule has 1 aromatic heterocycles. The molecule has 1 heterocycles. The van der Waals surface area contributed by atoms with E-state index >= 15 is 0 Å². The number of ether oxygens (including phenoxy) is 1. The van der Waals surface area contributed by atoms with Crippen molar-refractivity contribution >= 4 is 32.8 Å². The molecule has 0 radical (unpaired) electrons. The Morgan fingerprint density at radius 2 is 2.00 bits per heavy atom. The molecule has 0 spiro atoms. The summed E-state index contributed by atoms with van der Waals surface area (Å²) in [6.45, 7) is 2.89. The van der Waals surface area contributed by atoms with Crippen molar-refractivity contribution < 1.29 is 13.9 Å². The first-order chi connectivity index (χ1) is 11.6. The zero-order valence-electron chi connectivity index (χ0n) is 13.6. The van der Waals surface area contributed by atoms with Gasteiger partial charge >= 0.3 is 0 Å². The first kappa shape index (κ1) is 16.7. The van der Waals surface area contributed by atoms with E-state index in [0.717, 1.165) is 26.5 Å². The maximum absolute atomic E-state index is 12.5. The van der Waals surface area contributed by atoms with Crippen LogP contribution in [0.1, 0.15) is 27.2 Å². The summed E-state index contributed by atoms with van der Waals surface area (Å²) < 4.78 is 11.8. The van der Waals surface area contributed by atoms with Crippen LogP contribution in [0.3, 0.4) is 0 Å². The van der Waals surface area contributed by atoms with Gasteiger partial charge in [0.25, 0.3) is 5.91 Å². The van der Waals surface area contributed by atoms with Gasteiger partial charge in [-0.1, -0.05) is 40.2 Å². The molecule has 24 heavy (non-hydrogen) atoms. The molecule has 2 aromatic carbocycles. The summed E-state index contributed by atoms with van der Waals surface area (Å²) in [6, 6.07) is 13.7. The van der Waals surface area contributed by atoms with Crippen LogP contribution >= 0.6 is 15.9 Å². The van der Waals surface area contributed by atoms with Gasteiger partial charge in [0.05, 0.1) is 6.61 Å². The second kappa shape index (κ2) is 7.20. The van der Waals surface area contributed by atoms with Gasteiger partial charge in [-0.05, 0) is 36.2 Å². The van der Waals surface area contributed by atoms with E-state index < -0.39 is 0 Å². The summed E-state index contributed by atoms with van der Waals surface area (Å²) in [5.41, 5.74) is 3.66. The van der Waals surface area contributed by atoms with Gasteiger partial charge in [-0.2, -0.15) is 0 Å². The number of hydrogen-bond acceptors (Lipinski definition) is 3. The number of nitrogens with one attached hydrogen (secondary N) is 1. The van der Waals surface area contributed by atoms with Gasteiger partial charge < -0.3 is 14.5 Å². The second-order valence-electron chi connectivity index (χ2n) is 5.63. The Labute approximate surface area is 148 Å². The number of methoxy groups -OCH3 is 1. The minimum Gasteiger partial charge on any atom is -0.451 e. The van der Waals surface area contributed by atoms with Crippen LogP contribution in [0.15, 0.2) is 51.4 Å². The Balaban J connectivity index is 1.76. The predicted octanol–water partition coefficient (Wildman–Crippen LogP) is 4.58. The van der Waals surface area contributed by atoms with Crippen LogP contribution in [0.2, 0.25) is 0 Å². The van der Waals surface area contributed by atoms with Gasteiger partial charge in [-0.25, -0.2) is 0 Å². The molecule has 0 aliphatic carbocycles. The molecule has 0 unspecified atom stereocenters. The van der Waals surface area contributed by atoms with Crippen LogP contribution in [-0.2, 0) is 17.9 Å². The van der Waals surface area contributed by atoms with Crippen molar-refractivity contribution in [1.82, 2.24) is 5.32 Å². The van der Waals surface area contributed by atoms with Gasteiger partial charge in [0, 0.05) is 29.1 Å². The third kappa shape index (κ3) is 3.52. The van der Waals surface area contributed by atoms with Gasteiger partial charge in [-0.3, -0.25) is 4.79 Å². The lowest BCUT2D eigenvalue weighted by Gasteiger charge is -2.06. The van der Waals surface area contributed by atoms with Crippen LogP contribution in [0.4, 0.5) is 0 Å². The molecule has 0 saturated heterocycles. The Bertz CT molecular complexity index is 885. The lowest BCUT2D eigenvalue weighted by Crippen LogP contribution is -2.23. The minimum atomic E-state index is -0.211. The van der Waals surface area contributed by atoms with Crippen molar-refractivity contribution in [3.63, 3.8) is 0 Å². The summed E-state index contributed by atoms with van der Waals surface area (Å²) in [6.07, 6.45) is 0. The quantitative estimate of drug-likeness (QED) is 0.696. The third-order valence-electron chi connectivity index (χ3n) is 3.86. The van der Waals surface area contributed by atoms with Crippen molar-refractivity contribution in [2.24, 2.45) is 0 Å². The van der Waals surface area contributed by atoms with E-state index in [1.807, 2.05) is 49.4 Å². The minimum absolute atomic E-state index is 0.211. The highest BCUT2D eigenvalue weighted by atomic mass is 79.9. The van der Waals surface area contributed by atoms with E-state index in [1.54, 1.807) is 7.11 Å². The Hall–Kier alpha value is -2.11. The van der Waals surface area contributed by atoms with Crippen LogP contribution in [0, 0.1) is 6.92 Å². The molecule has 0 aliphatic rings. The van der Waals surface area contributed by atoms with Crippen molar-refractivity contribution in [1.29, 1.82) is 0 Å². The average Bonchev–Trinajstić information content (AvgIpc) is 2.90. The number of rotatable bonds is 5. The van der Waals surface area contributed by atoms with E-state index in [2.05, 4.69) is 21.2 Å². The predicted molar refractivity (Wildman–Crippen MR) is 97.0 cm³/mol. The van der Waals surface area contributed by atoms with E-state index in [-0.39, 0.29) is 5.91 Å². The van der Waals surface area contributed by atoms with Crippen molar-refractivity contribution in [3.05, 3.63) is 69.4 Å². The maximum atomic E-state index is 12.5. The van der Waals surface area contributed by atoms with Crippen LogP contribution in [0.5, 0.6) is 0 Å². The van der Waals surface area contributed by atoms with Gasteiger partial charge in [0.2, 0.25) is 0 Å². The monoisotopic (exact) mass is 387 g/mol. The SMILES string of the molecule is COCc1cccc(CNC(=O)c2oc3ccc(Br)cc3c2C)c1. The fraction of sp³-hybridized carbons (Fsp3) is 0.211. The summed E-state index contributed by atoms with van der Waals surface area (Å²) in [4.78, 5) is 12.5. The van der Waals surface area contributed by atoms with Crippen molar-refractivity contribution in [3.8, 4) is 0 Å². The average molecular weight is 388 g/mol. The molecule has 3 aromatic rings. The number of benzene rings is 2. The van der Waals surface area contributed by atoms with Crippen molar-refractivity contribution in [2.75, 3.05) is 7.11 Å². The van der Waals surface area contributed by atoms with E-state index in [9.17, 15) is 4.79 Å². The lowest BCUT2D eigenvalue weighted by atomic mass is 10.1. The van der Waals surface area contributed by atoms with Gasteiger partial charge in [-0.15, -0.1) is 0 Å². The molecular weight excluding hydrogens is 370 g/mol. The van der Waals surface area contributed by atoms with E-state index in [0.29, 0.717) is 24.5 Å². The highest BCUT2D eigenvalue weighted by Gasteiger charge is 2.17. The number of halogens is 1. The Morgan fingerprint density at radius 1 is 1.21 bits per heavy atom. The fourth-order valence-electron chi connectivity index (χ4n) is 2.67. The lowest BCUT2D eigenvalue weighted by molar-refractivity contribution is 0.0924. The molecule has 1 amide bonds. The summed E-state index contributed by atoms with van der Waals surface area (Å²) in [5.74, 6) is 0.146. The molecule has 1 N–H and O–H groups in total. The molecule has 0 fully saturated rings. The summed E-state index contributed by atoms with van der Waals surface area (Å²) in [5, 5.41) is 3.86. The zero-order chi connectivity index (χ0) is 17.1.